The van der Waals surface area contributed by atoms with Gasteiger partial charge in [0.15, 0.2) is 5.29 Å². The molecule has 1 fully saturated rings. The summed E-state index contributed by atoms with van der Waals surface area (Å²) in [6.07, 6.45) is -2.29. The molecule has 3 N–H and O–H groups in total. The van der Waals surface area contributed by atoms with Crippen LogP contribution in [0.1, 0.15) is 30.5 Å². The van der Waals surface area contributed by atoms with Crippen LogP contribution in [0, 0.1) is 5.92 Å². The van der Waals surface area contributed by atoms with Crippen molar-refractivity contribution in [2.75, 3.05) is 32.0 Å². The van der Waals surface area contributed by atoms with Crippen LogP contribution in [-0.2, 0) is 15.7 Å². The monoisotopic (exact) mass is 469 g/mol. The molecule has 3 atom stereocenters. The predicted octanol–water partition coefficient (Wildman–Crippen LogP) is 3.12. The number of amides is 1. The number of nitrogen functional groups attached to an aromatic ring is 1. The van der Waals surface area contributed by atoms with Crippen LogP contribution in [0.5, 0.6) is 0 Å². The summed E-state index contributed by atoms with van der Waals surface area (Å²) < 4.78 is 44.8. The molecule has 0 aromatic heterocycles. The van der Waals surface area contributed by atoms with Crippen LogP contribution in [0.25, 0.3) is 0 Å². The van der Waals surface area contributed by atoms with Crippen LogP contribution in [-0.4, -0.2) is 54.3 Å². The molecule has 172 valence electrons. The number of benzene rings is 1. The molecule has 11 heteroatoms. The number of morpholine rings is 1. The summed E-state index contributed by atoms with van der Waals surface area (Å²) >= 11 is 6.14. The van der Waals surface area contributed by atoms with E-state index in [9.17, 15) is 18.0 Å². The number of aliphatic imine (C=N–C) groups is 2. The highest BCUT2D eigenvalue weighted by Gasteiger charge is 2.39. The van der Waals surface area contributed by atoms with Crippen molar-refractivity contribution >= 4 is 34.3 Å². The van der Waals surface area contributed by atoms with E-state index in [0.29, 0.717) is 49.7 Å². The van der Waals surface area contributed by atoms with Crippen LogP contribution < -0.4 is 11.1 Å². The van der Waals surface area contributed by atoms with Crippen molar-refractivity contribution in [2.45, 2.75) is 31.6 Å². The molecule has 1 aromatic carbocycles. The molecule has 0 saturated carbocycles. The van der Waals surface area contributed by atoms with Crippen molar-refractivity contribution in [3.8, 4) is 0 Å². The zero-order valence-electron chi connectivity index (χ0n) is 17.3. The van der Waals surface area contributed by atoms with E-state index in [1.54, 1.807) is 17.9 Å². The summed E-state index contributed by atoms with van der Waals surface area (Å²) in [5.41, 5.74) is 5.84. The second kappa shape index (κ2) is 8.74. The molecule has 3 aliphatic rings. The molecule has 2 unspecified atom stereocenters. The number of amidine groups is 2. The fourth-order valence-electron chi connectivity index (χ4n) is 4.12. The number of rotatable bonds is 3. The van der Waals surface area contributed by atoms with Gasteiger partial charge in [0.25, 0.3) is 0 Å². The first-order valence-corrected chi connectivity index (χ1v) is 10.6. The van der Waals surface area contributed by atoms with Gasteiger partial charge in [-0.05, 0) is 48.7 Å². The molecule has 1 aromatic rings. The molecule has 1 amide bonds. The summed E-state index contributed by atoms with van der Waals surface area (Å²) in [5, 5.41) is 3.04. The SMILES string of the molecule is C[C@@H](N=C1NC(Cl)=NC2C=C(C(=O)N3CCOCC3)CC12)c1cc(N)cc(C(F)(F)F)c1. The van der Waals surface area contributed by atoms with Gasteiger partial charge in [-0.25, -0.2) is 4.99 Å². The average molecular weight is 470 g/mol. The molecule has 0 spiro atoms. The maximum absolute atomic E-state index is 13.2. The molecular formula is C21H23ClF3N5O2. The fourth-order valence-corrected chi connectivity index (χ4v) is 4.33. The van der Waals surface area contributed by atoms with E-state index in [1.807, 2.05) is 0 Å². The number of nitrogens with two attached hydrogens (primary N) is 1. The molecule has 1 saturated heterocycles. The topological polar surface area (TPSA) is 92.3 Å². The number of nitrogens with zero attached hydrogens (tertiary/aromatic N) is 3. The van der Waals surface area contributed by atoms with Crippen LogP contribution in [0.4, 0.5) is 18.9 Å². The van der Waals surface area contributed by atoms with E-state index < -0.39 is 17.8 Å². The Morgan fingerprint density at radius 2 is 2.06 bits per heavy atom. The zero-order chi connectivity index (χ0) is 23.0. The van der Waals surface area contributed by atoms with E-state index in [2.05, 4.69) is 15.3 Å². The summed E-state index contributed by atoms with van der Waals surface area (Å²) in [5.74, 6) is 0.176. The van der Waals surface area contributed by atoms with Gasteiger partial charge in [0.2, 0.25) is 5.91 Å². The average Bonchev–Trinajstić information content (AvgIpc) is 3.17. The number of carbonyl (C=O) groups is 1. The summed E-state index contributed by atoms with van der Waals surface area (Å²) in [4.78, 5) is 23.6. The van der Waals surface area contributed by atoms with Crippen LogP contribution in [0.2, 0.25) is 0 Å². The van der Waals surface area contributed by atoms with Gasteiger partial charge in [-0.3, -0.25) is 9.79 Å². The van der Waals surface area contributed by atoms with Gasteiger partial charge in [0.05, 0.1) is 30.9 Å². The smallest absolute Gasteiger partial charge is 0.399 e. The Hall–Kier alpha value is -2.59. The maximum Gasteiger partial charge on any atom is 0.416 e. The Kier molecular flexibility index (Phi) is 6.17. The van der Waals surface area contributed by atoms with Gasteiger partial charge >= 0.3 is 6.18 Å². The van der Waals surface area contributed by atoms with Crippen molar-refractivity contribution in [1.82, 2.24) is 10.2 Å². The predicted molar refractivity (Wildman–Crippen MR) is 116 cm³/mol. The van der Waals surface area contributed by atoms with Gasteiger partial charge < -0.3 is 20.7 Å². The second-order valence-electron chi connectivity index (χ2n) is 8.02. The molecular weight excluding hydrogens is 447 g/mol. The Bertz CT molecular complexity index is 1000. The van der Waals surface area contributed by atoms with Crippen molar-refractivity contribution in [3.05, 3.63) is 41.0 Å². The van der Waals surface area contributed by atoms with E-state index in [1.165, 1.54) is 6.07 Å². The third kappa shape index (κ3) is 4.75. The number of carbonyl (C=O) groups excluding carboxylic acids is 1. The summed E-state index contributed by atoms with van der Waals surface area (Å²) in [7, 11) is 0. The first kappa shape index (κ1) is 22.6. The Morgan fingerprint density at radius 3 is 2.75 bits per heavy atom. The van der Waals surface area contributed by atoms with Crippen molar-refractivity contribution in [1.29, 1.82) is 0 Å². The normalized spacial score (nSPS) is 25.7. The van der Waals surface area contributed by atoms with Crippen LogP contribution in [0.15, 0.2) is 39.8 Å². The number of alkyl halides is 3. The molecule has 0 radical (unpaired) electrons. The Labute approximate surface area is 188 Å². The second-order valence-corrected chi connectivity index (χ2v) is 8.38. The lowest BCUT2D eigenvalue weighted by Crippen LogP contribution is -2.43. The highest BCUT2D eigenvalue weighted by molar-refractivity contribution is 6.66. The third-order valence-electron chi connectivity index (χ3n) is 5.76. The zero-order valence-corrected chi connectivity index (χ0v) is 18.1. The Balaban J connectivity index is 1.57. The standard InChI is InChI=1S/C21H23ClF3N5O2/c1-11(12-6-14(21(23,24)25)10-15(26)7-12)27-18-16-8-13(9-17(16)28-20(22)29-18)19(31)30-2-4-32-5-3-30/h6-7,9-11,16-17H,2-5,8,26H2,1H3,(H,27,28,29)/t11-,16?,17?/m1/s1. The first-order chi connectivity index (χ1) is 15.1. The van der Waals surface area contributed by atoms with Gasteiger partial charge in [0, 0.05) is 30.3 Å². The molecule has 0 bridgehead atoms. The van der Waals surface area contributed by atoms with Gasteiger partial charge in [-0.1, -0.05) is 6.08 Å². The number of halogens is 4. The lowest BCUT2D eigenvalue weighted by molar-refractivity contribution is -0.137. The largest absolute Gasteiger partial charge is 0.416 e. The number of fused-ring (bicyclic) bond motifs is 1. The lowest BCUT2D eigenvalue weighted by atomic mass is 9.98. The lowest BCUT2D eigenvalue weighted by Gasteiger charge is -2.28. The van der Waals surface area contributed by atoms with Gasteiger partial charge in [-0.2, -0.15) is 13.2 Å². The number of hydrogen-bond acceptors (Lipinski definition) is 5. The van der Waals surface area contributed by atoms with Crippen LogP contribution >= 0.6 is 11.6 Å². The highest BCUT2D eigenvalue weighted by atomic mass is 35.5. The molecule has 32 heavy (non-hydrogen) atoms. The number of nitrogens with one attached hydrogen (secondary N) is 1. The van der Waals surface area contributed by atoms with Crippen molar-refractivity contribution in [3.63, 3.8) is 0 Å². The fraction of sp³-hybridized carbons (Fsp3) is 0.476. The van der Waals surface area contributed by atoms with Crippen molar-refractivity contribution in [2.24, 2.45) is 15.9 Å². The molecule has 2 aliphatic heterocycles. The van der Waals surface area contributed by atoms with Gasteiger partial charge in [0.1, 0.15) is 5.84 Å². The minimum Gasteiger partial charge on any atom is -0.399 e. The summed E-state index contributed by atoms with van der Waals surface area (Å²) in [6, 6.07) is 2.43. The minimum atomic E-state index is -4.51. The highest BCUT2D eigenvalue weighted by Crippen LogP contribution is 2.35. The van der Waals surface area contributed by atoms with E-state index in [4.69, 9.17) is 22.1 Å². The molecule has 1 aliphatic carbocycles. The van der Waals surface area contributed by atoms with Crippen molar-refractivity contribution < 1.29 is 22.7 Å². The third-order valence-corrected chi connectivity index (χ3v) is 5.95. The number of anilines is 1. The number of hydrogen-bond donors (Lipinski definition) is 2. The number of ether oxygens (including phenoxy) is 1. The van der Waals surface area contributed by atoms with Crippen LogP contribution in [0.3, 0.4) is 0 Å². The molecule has 7 nitrogen and oxygen atoms in total. The maximum atomic E-state index is 13.2. The minimum absolute atomic E-state index is 0.0110. The first-order valence-electron chi connectivity index (χ1n) is 10.2. The van der Waals surface area contributed by atoms with E-state index in [-0.39, 0.29) is 28.8 Å². The van der Waals surface area contributed by atoms with E-state index >= 15 is 0 Å². The summed E-state index contributed by atoms with van der Waals surface area (Å²) in [6.45, 7) is 3.75. The van der Waals surface area contributed by atoms with Gasteiger partial charge in [-0.15, -0.1) is 0 Å². The molecule has 4 rings (SSSR count). The van der Waals surface area contributed by atoms with E-state index in [0.717, 1.165) is 12.1 Å². The quantitative estimate of drug-likeness (QED) is 0.525. The molecule has 2 heterocycles. The Morgan fingerprint density at radius 1 is 1.34 bits per heavy atom.